The zero-order valence-corrected chi connectivity index (χ0v) is 18.7. The molecule has 0 saturated carbocycles. The van der Waals surface area contributed by atoms with Crippen LogP contribution in [0.5, 0.6) is 5.75 Å². The van der Waals surface area contributed by atoms with E-state index in [4.69, 9.17) is 9.15 Å². The second-order valence-corrected chi connectivity index (χ2v) is 7.59. The molecule has 0 aliphatic heterocycles. The van der Waals surface area contributed by atoms with Crippen LogP contribution < -0.4 is 21.0 Å². The van der Waals surface area contributed by atoms with Crippen LogP contribution in [0.25, 0.3) is 0 Å². The van der Waals surface area contributed by atoms with E-state index >= 15 is 0 Å². The Hall–Kier alpha value is -4.47. The maximum Gasteiger partial charge on any atom is 0.305 e. The Labute approximate surface area is 195 Å². The van der Waals surface area contributed by atoms with Gasteiger partial charge in [0.15, 0.2) is 5.76 Å². The van der Waals surface area contributed by atoms with Crippen molar-refractivity contribution >= 4 is 23.4 Å². The number of carbonyl (C=O) groups excluding carboxylic acids is 3. The molecule has 0 unspecified atom stereocenters. The molecule has 0 spiro atoms. The lowest BCUT2D eigenvalue weighted by atomic mass is 9.93. The molecule has 2 aromatic heterocycles. The predicted octanol–water partition coefficient (Wildman–Crippen LogP) is 2.54. The summed E-state index contributed by atoms with van der Waals surface area (Å²) in [5, 5.41) is 4.28. The van der Waals surface area contributed by atoms with Crippen molar-refractivity contribution in [1.29, 1.82) is 0 Å². The number of rotatable bonds is 5. The third-order valence-electron chi connectivity index (χ3n) is 5.39. The van der Waals surface area contributed by atoms with Gasteiger partial charge in [0.25, 0.3) is 11.8 Å². The topological polar surface area (TPSA) is 135 Å². The Kier molecular flexibility index (Phi) is 6.67. The smallest absolute Gasteiger partial charge is 0.305 e. The van der Waals surface area contributed by atoms with Crippen LogP contribution in [0.3, 0.4) is 0 Å². The lowest BCUT2D eigenvalue weighted by Gasteiger charge is -2.13. The summed E-state index contributed by atoms with van der Waals surface area (Å²) in [4.78, 5) is 41.3. The van der Waals surface area contributed by atoms with E-state index in [1.807, 2.05) is 0 Å². The SMILES string of the molecule is COc1ccc(C(=O)NNC(=O)c2oc3c(c2C)/C(=N/NC(=O)c2cccnc2)CCC3)cc1. The number of furan rings is 1. The molecule has 0 radical (unpaired) electrons. The lowest BCUT2D eigenvalue weighted by molar-refractivity contribution is 0.0829. The number of aromatic nitrogens is 1. The molecule has 34 heavy (non-hydrogen) atoms. The number of amides is 3. The molecule has 10 heteroatoms. The minimum atomic E-state index is -0.590. The third-order valence-corrected chi connectivity index (χ3v) is 5.39. The number of hydrazine groups is 1. The van der Waals surface area contributed by atoms with Gasteiger partial charge in [-0.2, -0.15) is 5.10 Å². The summed E-state index contributed by atoms with van der Waals surface area (Å²) in [5.41, 5.74) is 9.96. The van der Waals surface area contributed by atoms with E-state index in [-0.39, 0.29) is 11.7 Å². The Balaban J connectivity index is 1.46. The molecule has 0 atom stereocenters. The molecular weight excluding hydrogens is 438 g/mol. The molecule has 1 aromatic carbocycles. The van der Waals surface area contributed by atoms with Crippen LogP contribution in [0.15, 0.2) is 58.3 Å². The van der Waals surface area contributed by atoms with Crippen molar-refractivity contribution < 1.29 is 23.5 Å². The maximum atomic E-state index is 12.7. The van der Waals surface area contributed by atoms with Crippen LogP contribution in [-0.2, 0) is 6.42 Å². The number of ether oxygens (including phenoxy) is 1. The Morgan fingerprint density at radius 3 is 2.47 bits per heavy atom. The molecule has 0 saturated heterocycles. The zero-order valence-electron chi connectivity index (χ0n) is 18.7. The highest BCUT2D eigenvalue weighted by atomic mass is 16.5. The molecule has 174 valence electrons. The first-order chi connectivity index (χ1) is 16.5. The van der Waals surface area contributed by atoms with Crippen molar-refractivity contribution in [2.75, 3.05) is 7.11 Å². The van der Waals surface area contributed by atoms with Crippen molar-refractivity contribution in [2.24, 2.45) is 5.10 Å². The quantitative estimate of drug-likeness (QED) is 0.500. The Morgan fingerprint density at radius 1 is 1.00 bits per heavy atom. The molecule has 2 heterocycles. The minimum absolute atomic E-state index is 0.0771. The molecule has 1 aliphatic rings. The normalized spacial score (nSPS) is 13.6. The molecule has 3 N–H and O–H groups in total. The highest BCUT2D eigenvalue weighted by Gasteiger charge is 2.28. The summed E-state index contributed by atoms with van der Waals surface area (Å²) in [5.74, 6) is -0.143. The molecule has 3 aromatic rings. The summed E-state index contributed by atoms with van der Waals surface area (Å²) >= 11 is 0. The molecule has 1 aliphatic carbocycles. The highest BCUT2D eigenvalue weighted by Crippen LogP contribution is 2.29. The van der Waals surface area contributed by atoms with Crippen molar-refractivity contribution in [1.82, 2.24) is 21.3 Å². The van der Waals surface area contributed by atoms with Gasteiger partial charge in [-0.1, -0.05) is 0 Å². The van der Waals surface area contributed by atoms with Gasteiger partial charge in [-0.15, -0.1) is 0 Å². The number of nitrogens with one attached hydrogen (secondary N) is 3. The number of fused-ring (bicyclic) bond motifs is 1. The van der Waals surface area contributed by atoms with Gasteiger partial charge < -0.3 is 9.15 Å². The summed E-state index contributed by atoms with van der Waals surface area (Å²) in [7, 11) is 1.53. The molecule has 3 amide bonds. The number of carbonyl (C=O) groups is 3. The average molecular weight is 461 g/mol. The van der Waals surface area contributed by atoms with Crippen molar-refractivity contribution in [3.05, 3.63) is 82.6 Å². The second kappa shape index (κ2) is 9.99. The fourth-order valence-electron chi connectivity index (χ4n) is 3.66. The number of benzene rings is 1. The summed E-state index contributed by atoms with van der Waals surface area (Å²) in [6.45, 7) is 1.74. The van der Waals surface area contributed by atoms with E-state index in [9.17, 15) is 14.4 Å². The van der Waals surface area contributed by atoms with Gasteiger partial charge in [-0.05, 0) is 56.2 Å². The second-order valence-electron chi connectivity index (χ2n) is 7.59. The molecule has 4 rings (SSSR count). The van der Waals surface area contributed by atoms with Crippen molar-refractivity contribution in [3.8, 4) is 5.75 Å². The van der Waals surface area contributed by atoms with Crippen LogP contribution in [-0.4, -0.2) is 35.5 Å². The van der Waals surface area contributed by atoms with E-state index in [0.717, 1.165) is 6.42 Å². The van der Waals surface area contributed by atoms with Crippen LogP contribution >= 0.6 is 0 Å². The van der Waals surface area contributed by atoms with E-state index in [2.05, 4.69) is 26.4 Å². The Morgan fingerprint density at radius 2 is 1.76 bits per heavy atom. The Bertz CT molecular complexity index is 1250. The number of pyridine rings is 1. The standard InChI is InChI=1S/C24H23N5O5/c1-14-20-18(26-27-23(31)16-5-4-12-25-13-16)6-3-7-19(20)34-21(14)24(32)29-28-22(30)15-8-10-17(33-2)11-9-15/h4-5,8-13H,3,6-7H2,1-2H3,(H,27,31)(H,28,30)(H,29,32)/b26-18+. The zero-order chi connectivity index (χ0) is 24.1. The molecule has 0 fully saturated rings. The summed E-state index contributed by atoms with van der Waals surface area (Å²) in [6, 6.07) is 9.77. The minimum Gasteiger partial charge on any atom is -0.497 e. The average Bonchev–Trinajstić information content (AvgIpc) is 3.23. The fourth-order valence-corrected chi connectivity index (χ4v) is 3.66. The van der Waals surface area contributed by atoms with Gasteiger partial charge in [-0.3, -0.25) is 30.2 Å². The van der Waals surface area contributed by atoms with Gasteiger partial charge in [0.05, 0.1) is 18.4 Å². The number of methoxy groups -OCH3 is 1. The maximum absolute atomic E-state index is 12.7. The monoisotopic (exact) mass is 461 g/mol. The third kappa shape index (κ3) is 4.80. The van der Waals surface area contributed by atoms with E-state index in [1.54, 1.807) is 49.5 Å². The molecular formula is C24H23N5O5. The lowest BCUT2D eigenvalue weighted by Crippen LogP contribution is -2.41. The number of hydrazone groups is 1. The fraction of sp³-hybridized carbons (Fsp3) is 0.208. The van der Waals surface area contributed by atoms with Crippen molar-refractivity contribution in [3.63, 3.8) is 0 Å². The largest absolute Gasteiger partial charge is 0.497 e. The first kappa shape index (κ1) is 22.7. The summed E-state index contributed by atoms with van der Waals surface area (Å²) < 4.78 is 10.9. The van der Waals surface area contributed by atoms with Gasteiger partial charge in [0.1, 0.15) is 11.5 Å². The van der Waals surface area contributed by atoms with Gasteiger partial charge >= 0.3 is 5.91 Å². The highest BCUT2D eigenvalue weighted by molar-refractivity contribution is 6.07. The number of nitrogens with zero attached hydrogens (tertiary/aromatic N) is 2. The van der Waals surface area contributed by atoms with Gasteiger partial charge in [-0.25, -0.2) is 5.43 Å². The molecule has 10 nitrogen and oxygen atoms in total. The van der Waals surface area contributed by atoms with Gasteiger partial charge in [0, 0.05) is 35.5 Å². The van der Waals surface area contributed by atoms with Crippen LogP contribution in [0.4, 0.5) is 0 Å². The number of hydrogen-bond donors (Lipinski definition) is 3. The van der Waals surface area contributed by atoms with Gasteiger partial charge in [0.2, 0.25) is 0 Å². The van der Waals surface area contributed by atoms with Crippen LogP contribution in [0.1, 0.15) is 61.0 Å². The number of hydrogen-bond acceptors (Lipinski definition) is 7. The first-order valence-corrected chi connectivity index (χ1v) is 10.6. The molecule has 0 bridgehead atoms. The number of aryl methyl sites for hydroxylation is 1. The van der Waals surface area contributed by atoms with E-state index in [1.165, 1.54) is 13.3 Å². The first-order valence-electron chi connectivity index (χ1n) is 10.6. The van der Waals surface area contributed by atoms with E-state index < -0.39 is 11.8 Å². The van der Waals surface area contributed by atoms with Crippen LogP contribution in [0, 0.1) is 6.92 Å². The van der Waals surface area contributed by atoms with E-state index in [0.29, 0.717) is 52.3 Å². The van der Waals surface area contributed by atoms with Crippen molar-refractivity contribution in [2.45, 2.75) is 26.2 Å². The summed E-state index contributed by atoms with van der Waals surface area (Å²) in [6.07, 6.45) is 5.05. The van der Waals surface area contributed by atoms with Crippen LogP contribution in [0.2, 0.25) is 0 Å². The predicted molar refractivity (Wildman–Crippen MR) is 123 cm³/mol.